The third kappa shape index (κ3) is 2.80. The van der Waals surface area contributed by atoms with Gasteiger partial charge in [-0.05, 0) is 19.3 Å². The lowest BCUT2D eigenvalue weighted by molar-refractivity contribution is 0.140. The Kier molecular flexibility index (Phi) is 4.06. The summed E-state index contributed by atoms with van der Waals surface area (Å²) in [6, 6.07) is 2.25. The standard InChI is InChI=1S/C9H17N3/c1-2-9(8-10)11-12-6-4-3-5-7-12/h9,11H,2-7H2,1H3. The van der Waals surface area contributed by atoms with Gasteiger partial charge >= 0.3 is 0 Å². The second kappa shape index (κ2) is 5.13. The maximum absolute atomic E-state index is 8.72. The van der Waals surface area contributed by atoms with Gasteiger partial charge in [-0.25, -0.2) is 10.4 Å². The summed E-state index contributed by atoms with van der Waals surface area (Å²) in [6.45, 7) is 4.22. The summed E-state index contributed by atoms with van der Waals surface area (Å²) in [4.78, 5) is 0. The first-order valence-corrected chi connectivity index (χ1v) is 4.77. The fourth-order valence-corrected chi connectivity index (χ4v) is 1.45. The number of nitrogens with one attached hydrogen (secondary N) is 1. The van der Waals surface area contributed by atoms with Crippen LogP contribution in [0.15, 0.2) is 0 Å². The molecule has 1 aliphatic rings. The third-order valence-electron chi connectivity index (χ3n) is 2.26. The zero-order valence-corrected chi connectivity index (χ0v) is 7.71. The molecule has 1 rings (SSSR count). The summed E-state index contributed by atoms with van der Waals surface area (Å²) < 4.78 is 0. The molecule has 1 heterocycles. The normalized spacial score (nSPS) is 21.7. The molecule has 1 saturated heterocycles. The van der Waals surface area contributed by atoms with Crippen LogP contribution in [0.1, 0.15) is 32.6 Å². The van der Waals surface area contributed by atoms with Crippen molar-refractivity contribution >= 4 is 0 Å². The van der Waals surface area contributed by atoms with Crippen molar-refractivity contribution in [3.8, 4) is 6.07 Å². The molecule has 0 aromatic rings. The van der Waals surface area contributed by atoms with Crippen molar-refractivity contribution in [3.05, 3.63) is 0 Å². The number of piperidine rings is 1. The molecule has 3 heteroatoms. The molecule has 1 atom stereocenters. The Labute approximate surface area is 74.3 Å². The van der Waals surface area contributed by atoms with Crippen LogP contribution in [0.2, 0.25) is 0 Å². The lowest BCUT2D eigenvalue weighted by Crippen LogP contribution is -2.46. The quantitative estimate of drug-likeness (QED) is 0.688. The van der Waals surface area contributed by atoms with Crippen LogP contribution in [0.25, 0.3) is 0 Å². The fraction of sp³-hybridized carbons (Fsp3) is 0.889. The summed E-state index contributed by atoms with van der Waals surface area (Å²) in [7, 11) is 0. The lowest BCUT2D eigenvalue weighted by Gasteiger charge is -2.28. The maximum Gasteiger partial charge on any atom is 0.108 e. The zero-order valence-electron chi connectivity index (χ0n) is 7.71. The van der Waals surface area contributed by atoms with Crippen LogP contribution in [-0.2, 0) is 0 Å². The molecule has 0 aromatic heterocycles. The Balaban J connectivity index is 2.24. The van der Waals surface area contributed by atoms with Crippen LogP contribution in [-0.4, -0.2) is 24.1 Å². The van der Waals surface area contributed by atoms with Crippen molar-refractivity contribution in [2.75, 3.05) is 13.1 Å². The Hall–Kier alpha value is -0.590. The number of rotatable bonds is 3. The van der Waals surface area contributed by atoms with Crippen LogP contribution in [0.3, 0.4) is 0 Å². The predicted octanol–water partition coefficient (Wildman–Crippen LogP) is 1.28. The predicted molar refractivity (Wildman–Crippen MR) is 48.3 cm³/mol. The second-order valence-electron chi connectivity index (χ2n) is 3.27. The Morgan fingerprint density at radius 3 is 2.58 bits per heavy atom. The average Bonchev–Trinajstić information content (AvgIpc) is 2.16. The van der Waals surface area contributed by atoms with Gasteiger partial charge in [0.1, 0.15) is 6.04 Å². The molecule has 12 heavy (non-hydrogen) atoms. The zero-order chi connectivity index (χ0) is 8.81. The van der Waals surface area contributed by atoms with Crippen molar-refractivity contribution in [1.82, 2.24) is 10.4 Å². The topological polar surface area (TPSA) is 39.1 Å². The monoisotopic (exact) mass is 167 g/mol. The summed E-state index contributed by atoms with van der Waals surface area (Å²) in [6.07, 6.45) is 4.73. The van der Waals surface area contributed by atoms with E-state index in [1.165, 1.54) is 19.3 Å². The van der Waals surface area contributed by atoms with Gasteiger partial charge in [0, 0.05) is 13.1 Å². The highest BCUT2D eigenvalue weighted by atomic mass is 15.5. The number of hydrogen-bond donors (Lipinski definition) is 1. The van der Waals surface area contributed by atoms with E-state index in [1.807, 2.05) is 6.92 Å². The number of hydrogen-bond acceptors (Lipinski definition) is 3. The Morgan fingerprint density at radius 2 is 2.08 bits per heavy atom. The Morgan fingerprint density at radius 1 is 1.42 bits per heavy atom. The van der Waals surface area contributed by atoms with Gasteiger partial charge in [0.15, 0.2) is 0 Å². The molecule has 0 spiro atoms. The van der Waals surface area contributed by atoms with Crippen LogP contribution in [0.4, 0.5) is 0 Å². The maximum atomic E-state index is 8.72. The first-order valence-electron chi connectivity index (χ1n) is 4.77. The van der Waals surface area contributed by atoms with Crippen molar-refractivity contribution < 1.29 is 0 Å². The first-order chi connectivity index (χ1) is 5.86. The number of hydrazine groups is 1. The average molecular weight is 167 g/mol. The fourth-order valence-electron chi connectivity index (χ4n) is 1.45. The lowest BCUT2D eigenvalue weighted by atomic mass is 10.1. The van der Waals surface area contributed by atoms with Crippen molar-refractivity contribution in [2.45, 2.75) is 38.6 Å². The SMILES string of the molecule is CCC(C#N)NN1CCCCC1. The van der Waals surface area contributed by atoms with E-state index in [4.69, 9.17) is 5.26 Å². The van der Waals surface area contributed by atoms with E-state index in [2.05, 4.69) is 16.5 Å². The first kappa shape index (κ1) is 9.50. The molecule has 0 amide bonds. The van der Waals surface area contributed by atoms with Crippen LogP contribution < -0.4 is 5.43 Å². The molecule has 1 N–H and O–H groups in total. The number of nitrogens with zero attached hydrogens (tertiary/aromatic N) is 2. The molecular formula is C9H17N3. The minimum atomic E-state index is 0.00287. The van der Waals surface area contributed by atoms with Crippen molar-refractivity contribution in [2.24, 2.45) is 0 Å². The second-order valence-corrected chi connectivity index (χ2v) is 3.27. The molecular weight excluding hydrogens is 150 g/mol. The van der Waals surface area contributed by atoms with E-state index >= 15 is 0 Å². The van der Waals surface area contributed by atoms with E-state index in [1.54, 1.807) is 0 Å². The molecule has 0 radical (unpaired) electrons. The number of nitriles is 1. The summed E-state index contributed by atoms with van der Waals surface area (Å²) in [5.74, 6) is 0. The van der Waals surface area contributed by atoms with E-state index < -0.39 is 0 Å². The molecule has 1 unspecified atom stereocenters. The van der Waals surface area contributed by atoms with Gasteiger partial charge in [-0.2, -0.15) is 5.26 Å². The van der Waals surface area contributed by atoms with Gasteiger partial charge in [0.25, 0.3) is 0 Å². The van der Waals surface area contributed by atoms with E-state index in [0.29, 0.717) is 0 Å². The Bertz CT molecular complexity index is 156. The van der Waals surface area contributed by atoms with Gasteiger partial charge in [-0.15, -0.1) is 0 Å². The highest BCUT2D eigenvalue weighted by Gasteiger charge is 2.12. The molecule has 3 nitrogen and oxygen atoms in total. The molecule has 0 aliphatic carbocycles. The summed E-state index contributed by atoms with van der Waals surface area (Å²) >= 11 is 0. The van der Waals surface area contributed by atoms with Gasteiger partial charge in [-0.1, -0.05) is 13.3 Å². The molecule has 0 bridgehead atoms. The molecule has 68 valence electrons. The van der Waals surface area contributed by atoms with Gasteiger partial charge in [-0.3, -0.25) is 0 Å². The van der Waals surface area contributed by atoms with E-state index in [-0.39, 0.29) is 6.04 Å². The minimum Gasteiger partial charge on any atom is -0.243 e. The minimum absolute atomic E-state index is 0.00287. The summed E-state index contributed by atoms with van der Waals surface area (Å²) in [5, 5.41) is 10.9. The molecule has 1 aliphatic heterocycles. The summed E-state index contributed by atoms with van der Waals surface area (Å²) in [5.41, 5.74) is 3.23. The van der Waals surface area contributed by atoms with Gasteiger partial charge < -0.3 is 0 Å². The van der Waals surface area contributed by atoms with Gasteiger partial charge in [0.2, 0.25) is 0 Å². The van der Waals surface area contributed by atoms with E-state index in [9.17, 15) is 0 Å². The van der Waals surface area contributed by atoms with Crippen molar-refractivity contribution in [3.63, 3.8) is 0 Å². The highest BCUT2D eigenvalue weighted by molar-refractivity contribution is 4.87. The van der Waals surface area contributed by atoms with E-state index in [0.717, 1.165) is 19.5 Å². The van der Waals surface area contributed by atoms with Crippen molar-refractivity contribution in [1.29, 1.82) is 5.26 Å². The highest BCUT2D eigenvalue weighted by Crippen LogP contribution is 2.06. The van der Waals surface area contributed by atoms with Crippen LogP contribution in [0, 0.1) is 11.3 Å². The molecule has 0 saturated carbocycles. The van der Waals surface area contributed by atoms with Crippen LogP contribution >= 0.6 is 0 Å². The third-order valence-corrected chi connectivity index (χ3v) is 2.26. The molecule has 0 aromatic carbocycles. The van der Waals surface area contributed by atoms with Crippen LogP contribution in [0.5, 0.6) is 0 Å². The van der Waals surface area contributed by atoms with Gasteiger partial charge in [0.05, 0.1) is 6.07 Å². The largest absolute Gasteiger partial charge is 0.243 e. The molecule has 1 fully saturated rings. The smallest absolute Gasteiger partial charge is 0.108 e.